The molecular weight excluding hydrogens is 361 g/mol. The molecule has 0 unspecified atom stereocenters. The quantitative estimate of drug-likeness (QED) is 0.330. The van der Waals surface area contributed by atoms with Crippen LogP contribution in [-0.2, 0) is 0 Å². The Morgan fingerprint density at radius 1 is 0.391 bits per heavy atom. The molecule has 0 nitrogen and oxygen atoms in total. The average molecular weight is 361 g/mol. The lowest BCUT2D eigenvalue weighted by atomic mass is 10.0. The van der Waals surface area contributed by atoms with Gasteiger partial charge in [-0.15, -0.1) is 0 Å². The van der Waals surface area contributed by atoms with Crippen LogP contribution in [0.4, 0.5) is 43.0 Å². The van der Waals surface area contributed by atoms with Crippen LogP contribution in [0.2, 0.25) is 0 Å². The van der Waals surface area contributed by atoms with E-state index in [-0.39, 0.29) is 0 Å². The van der Waals surface area contributed by atoms with Crippen LogP contribution in [0.15, 0.2) is 0 Å². The fourth-order valence-corrected chi connectivity index (χ4v) is 2.42. The normalized spacial score (nSPS) is 11.2. The molecule has 0 aliphatic carbocycles. The Balaban J connectivity index is 3.06. The Kier molecular flexibility index (Phi) is 4.64. The third-order valence-electron chi connectivity index (χ3n) is 2.87. The Labute approximate surface area is 127 Å². The van der Waals surface area contributed by atoms with Crippen molar-refractivity contribution in [1.82, 2.24) is 0 Å². The molecule has 2 rings (SSSR count). The van der Waals surface area contributed by atoms with Gasteiger partial charge in [-0.05, 0) is 5.56 Å². The Morgan fingerprint density at radius 2 is 0.696 bits per heavy atom. The molecule has 0 aromatic heterocycles. The topological polar surface area (TPSA) is 0 Å². The summed E-state index contributed by atoms with van der Waals surface area (Å²) in [6.45, 7) is 0. The first-order valence-electron chi connectivity index (χ1n) is 5.46. The molecule has 0 aliphatic heterocycles. The van der Waals surface area contributed by atoms with E-state index >= 15 is 0 Å². The summed E-state index contributed by atoms with van der Waals surface area (Å²) in [5.74, 6) is -22.8. The summed E-state index contributed by atoms with van der Waals surface area (Å²) in [7, 11) is 0. The van der Waals surface area contributed by atoms with E-state index in [0.717, 1.165) is 0 Å². The van der Waals surface area contributed by atoms with Gasteiger partial charge in [0.1, 0.15) is 5.82 Å². The van der Waals surface area contributed by atoms with Crippen molar-refractivity contribution < 1.29 is 43.0 Å². The van der Waals surface area contributed by atoms with E-state index in [9.17, 15) is 43.0 Å². The van der Waals surface area contributed by atoms with Gasteiger partial charge in [-0.25, -0.2) is 43.9 Å². The third-order valence-corrected chi connectivity index (χ3v) is 3.63. The minimum Gasteiger partial charge on any atom is -0.671 e. The van der Waals surface area contributed by atoms with E-state index in [4.69, 9.17) is 0 Å². The van der Waals surface area contributed by atoms with Crippen LogP contribution < -0.4 is 4.43 Å². The maximum Gasteiger partial charge on any atom is 0.200 e. The molecule has 0 aliphatic rings. The van der Waals surface area contributed by atoms with Gasteiger partial charge in [0.05, 0.1) is 5.56 Å². The first-order chi connectivity index (χ1) is 10.6. The van der Waals surface area contributed by atoms with Gasteiger partial charge in [-0.1, -0.05) is 0 Å². The number of benzene rings is 2. The van der Waals surface area contributed by atoms with Crippen molar-refractivity contribution in [2.45, 2.75) is 0 Å². The van der Waals surface area contributed by atoms with Gasteiger partial charge >= 0.3 is 0 Å². The molecule has 0 bridgehead atoms. The minimum atomic E-state index is -2.90. The number of rotatable bonds is 2. The van der Waals surface area contributed by atoms with Crippen LogP contribution in [0.25, 0.3) is 11.1 Å². The van der Waals surface area contributed by atoms with Gasteiger partial charge in [-0.2, -0.15) is 0 Å². The second kappa shape index (κ2) is 6.05. The van der Waals surface area contributed by atoms with Crippen LogP contribution in [0.5, 0.6) is 0 Å². The van der Waals surface area contributed by atoms with Crippen LogP contribution >= 0.6 is 0 Å². The summed E-state index contributed by atoms with van der Waals surface area (Å²) in [4.78, 5) is 0. The largest absolute Gasteiger partial charge is 0.671 e. The lowest BCUT2D eigenvalue weighted by Gasteiger charge is -2.20. The zero-order chi connectivity index (χ0) is 17.6. The molecule has 122 valence electrons. The maximum absolute atomic E-state index is 13.7. The molecule has 0 N–H and O–H groups in total. The summed E-state index contributed by atoms with van der Waals surface area (Å²) in [5.41, 5.74) is -3.98. The molecule has 0 amide bonds. The zero-order valence-corrected chi connectivity index (χ0v) is 11.5. The first-order valence-corrected chi connectivity index (χ1v) is 6.47. The molecule has 23 heavy (non-hydrogen) atoms. The second-order valence-corrected chi connectivity index (χ2v) is 4.89. The van der Waals surface area contributed by atoms with Crippen LogP contribution in [0, 0.1) is 52.4 Å². The van der Waals surface area contributed by atoms with Crippen LogP contribution in [-0.4, -0.2) is 15.7 Å². The van der Waals surface area contributed by atoms with Gasteiger partial charge < -0.3 is 3.52 Å². The van der Waals surface area contributed by atoms with Crippen molar-refractivity contribution in [3.05, 3.63) is 52.4 Å². The SMILES string of the molecule is [F][Al-][c]1c(F)c(F)c(F)c(F)c1-c1c(F)c(F)c(F)c(F)c1F. The van der Waals surface area contributed by atoms with E-state index < -0.39 is 83.6 Å². The molecule has 11 heteroatoms. The summed E-state index contributed by atoms with van der Waals surface area (Å²) in [5, 5.41) is 0. The Morgan fingerprint density at radius 3 is 1.09 bits per heavy atom. The predicted octanol–water partition coefficient (Wildman–Crippen LogP) is 3.82. The highest BCUT2D eigenvalue weighted by Crippen LogP contribution is 2.34. The fourth-order valence-electron chi connectivity index (χ4n) is 1.82. The number of hydrogen-bond acceptors (Lipinski definition) is 0. The molecule has 2 aromatic carbocycles. The first kappa shape index (κ1) is 17.6. The predicted molar refractivity (Wildman–Crippen MR) is 58.0 cm³/mol. The van der Waals surface area contributed by atoms with Crippen molar-refractivity contribution in [1.29, 1.82) is 0 Å². The highest BCUT2D eigenvalue weighted by molar-refractivity contribution is 6.49. The number of halogens is 10. The van der Waals surface area contributed by atoms with Crippen LogP contribution in [0.1, 0.15) is 0 Å². The Bertz CT molecular complexity index is 788. The highest BCUT2D eigenvalue weighted by Gasteiger charge is 2.31. The van der Waals surface area contributed by atoms with Gasteiger partial charge in [0.15, 0.2) is 40.7 Å². The zero-order valence-electron chi connectivity index (χ0n) is 10.4. The molecule has 0 saturated heterocycles. The smallest absolute Gasteiger partial charge is 0.200 e. The molecule has 2 radical (unpaired) electrons. The molecule has 2 aromatic rings. The van der Waals surface area contributed by atoms with Crippen molar-refractivity contribution in [2.75, 3.05) is 0 Å². The molecule has 0 saturated carbocycles. The van der Waals surface area contributed by atoms with Crippen molar-refractivity contribution in [3.63, 3.8) is 0 Å². The standard InChI is InChI=1S/C12F9.Al.FH/c13-3-1-2(5(14)9(18)6(3)15)4-7(16)10(19)12(21)11(20)8(4)17;;/h;;1H/p-1. The number of hydrogen-bond donors (Lipinski definition) is 0. The highest BCUT2D eigenvalue weighted by atomic mass is 27.2. The molecule has 0 spiro atoms. The lowest BCUT2D eigenvalue weighted by molar-refractivity contribution is 0.379. The van der Waals surface area contributed by atoms with Crippen molar-refractivity contribution in [3.8, 4) is 11.1 Å². The van der Waals surface area contributed by atoms with E-state index in [0.29, 0.717) is 0 Å². The summed E-state index contributed by atoms with van der Waals surface area (Å²) < 4.78 is 131. The second-order valence-electron chi connectivity index (χ2n) is 4.10. The maximum atomic E-state index is 13.7. The Hall–Kier alpha value is -1.73. The monoisotopic (exact) mass is 361 g/mol. The summed E-state index contributed by atoms with van der Waals surface area (Å²) in [6, 6.07) is 0. The fraction of sp³-hybridized carbons (Fsp3) is 0. The van der Waals surface area contributed by atoms with Gasteiger partial charge in [0.25, 0.3) is 0 Å². The van der Waals surface area contributed by atoms with Gasteiger partial charge in [-0.3, -0.25) is 0 Å². The third kappa shape index (κ3) is 2.48. The van der Waals surface area contributed by atoms with E-state index in [1.807, 2.05) is 0 Å². The van der Waals surface area contributed by atoms with Crippen molar-refractivity contribution in [2.24, 2.45) is 0 Å². The van der Waals surface area contributed by atoms with E-state index in [1.165, 1.54) is 0 Å². The lowest BCUT2D eigenvalue weighted by Crippen LogP contribution is -2.25. The molecular formula is C12AlF10-. The molecule has 0 atom stereocenters. The van der Waals surface area contributed by atoms with Crippen molar-refractivity contribution >= 4 is 20.1 Å². The summed E-state index contributed by atoms with van der Waals surface area (Å²) >= 11 is -2.90. The molecule has 0 fully saturated rings. The van der Waals surface area contributed by atoms with Gasteiger partial charge in [0, 0.05) is 15.7 Å². The molecule has 0 heterocycles. The van der Waals surface area contributed by atoms with Gasteiger partial charge in [0.2, 0.25) is 5.82 Å². The minimum absolute atomic E-state index is 1.65. The van der Waals surface area contributed by atoms with Crippen LogP contribution in [0.3, 0.4) is 0 Å². The summed E-state index contributed by atoms with van der Waals surface area (Å²) in [6.07, 6.45) is 0. The average Bonchev–Trinajstić information content (AvgIpc) is 2.54. The van der Waals surface area contributed by atoms with E-state index in [2.05, 4.69) is 0 Å². The van der Waals surface area contributed by atoms with E-state index in [1.54, 1.807) is 0 Å².